The summed E-state index contributed by atoms with van der Waals surface area (Å²) in [7, 11) is -4.13. The van der Waals surface area contributed by atoms with Gasteiger partial charge in [0.25, 0.3) is 10.9 Å². The summed E-state index contributed by atoms with van der Waals surface area (Å²) in [6.45, 7) is 5.00. The Kier molecular flexibility index (Phi) is 3.33. The highest BCUT2D eigenvalue weighted by Crippen LogP contribution is 2.36. The van der Waals surface area contributed by atoms with Crippen LogP contribution in [0.4, 0.5) is 11.4 Å². The van der Waals surface area contributed by atoms with Crippen LogP contribution in [0.3, 0.4) is 0 Å². The third kappa shape index (κ3) is 2.88. The molecule has 0 bridgehead atoms. The monoisotopic (exact) mass is 288 g/mol. The molecule has 0 saturated carbocycles. The van der Waals surface area contributed by atoms with Crippen LogP contribution in [0.2, 0.25) is 0 Å². The molecule has 1 aliphatic heterocycles. The van der Waals surface area contributed by atoms with E-state index >= 15 is 0 Å². The summed E-state index contributed by atoms with van der Waals surface area (Å²) in [6.07, 6.45) is -0.332. The zero-order valence-corrected chi connectivity index (χ0v) is 11.7. The molecular weight excluding hydrogens is 271 g/mol. The average Bonchev–Trinajstić information content (AvgIpc) is 2.39. The van der Waals surface area contributed by atoms with Crippen molar-refractivity contribution in [1.82, 2.24) is 0 Å². The zero-order chi connectivity index (χ0) is 14.4. The molecule has 7 nitrogen and oxygen atoms in total. The van der Waals surface area contributed by atoms with Gasteiger partial charge in [-0.2, -0.15) is 0 Å². The van der Waals surface area contributed by atoms with E-state index in [4.69, 9.17) is 9.79 Å². The highest BCUT2D eigenvalue weighted by Gasteiger charge is 2.34. The molecule has 8 heteroatoms. The van der Waals surface area contributed by atoms with Crippen molar-refractivity contribution in [2.24, 2.45) is 5.41 Å². The van der Waals surface area contributed by atoms with E-state index in [9.17, 15) is 14.2 Å². The van der Waals surface area contributed by atoms with Crippen molar-refractivity contribution in [3.63, 3.8) is 0 Å². The van der Waals surface area contributed by atoms with Crippen LogP contribution in [0.1, 0.15) is 13.8 Å². The van der Waals surface area contributed by atoms with Crippen LogP contribution in [0.15, 0.2) is 9.59 Å². The quantitative estimate of drug-likeness (QED) is 0.518. The fourth-order valence-corrected chi connectivity index (χ4v) is 2.77. The van der Waals surface area contributed by atoms with Gasteiger partial charge in [0.2, 0.25) is 0 Å². The first kappa shape index (κ1) is 14.2. The van der Waals surface area contributed by atoms with Crippen LogP contribution in [-0.4, -0.2) is 35.6 Å². The average molecular weight is 288 g/mol. The number of nitrogens with one attached hydrogen (secondary N) is 1. The van der Waals surface area contributed by atoms with Crippen molar-refractivity contribution in [2.75, 3.05) is 36.0 Å². The van der Waals surface area contributed by atoms with Gasteiger partial charge in [-0.3, -0.25) is 14.2 Å². The maximum absolute atomic E-state index is 11.6. The molecule has 0 amide bonds. The molecule has 0 aromatic heterocycles. The van der Waals surface area contributed by atoms with Gasteiger partial charge in [0.05, 0.1) is 6.16 Å². The van der Waals surface area contributed by atoms with Crippen LogP contribution in [-0.2, 0) is 4.57 Å². The van der Waals surface area contributed by atoms with Gasteiger partial charge in [-0.15, -0.1) is 0 Å². The maximum atomic E-state index is 11.6. The predicted molar refractivity (Wildman–Crippen MR) is 72.7 cm³/mol. The molecule has 19 heavy (non-hydrogen) atoms. The molecule has 0 spiro atoms. The smallest absolute Gasteiger partial charge is 0.327 e. The summed E-state index contributed by atoms with van der Waals surface area (Å²) < 4.78 is 11.0. The summed E-state index contributed by atoms with van der Waals surface area (Å²) >= 11 is 0. The lowest BCUT2D eigenvalue weighted by atomic mass is 9.93. The first-order chi connectivity index (χ1) is 8.61. The van der Waals surface area contributed by atoms with Crippen LogP contribution in [0.25, 0.3) is 0 Å². The van der Waals surface area contributed by atoms with Crippen molar-refractivity contribution in [3.8, 4) is 0 Å². The third-order valence-electron chi connectivity index (χ3n) is 3.23. The molecule has 0 radical (unpaired) electrons. The lowest BCUT2D eigenvalue weighted by Gasteiger charge is -2.30. The highest BCUT2D eigenvalue weighted by molar-refractivity contribution is 7.51. The third-order valence-corrected chi connectivity index (χ3v) is 4.01. The maximum Gasteiger partial charge on any atom is 0.327 e. The molecule has 0 saturated heterocycles. The second-order valence-electron chi connectivity index (χ2n) is 5.71. The summed E-state index contributed by atoms with van der Waals surface area (Å²) in [4.78, 5) is 42.6. The number of rotatable bonds is 3. The molecule has 2 rings (SSSR count). The van der Waals surface area contributed by atoms with E-state index in [0.29, 0.717) is 13.1 Å². The van der Waals surface area contributed by atoms with Gasteiger partial charge < -0.3 is 20.0 Å². The minimum absolute atomic E-state index is 0.0627. The highest BCUT2D eigenvalue weighted by atomic mass is 31.2. The van der Waals surface area contributed by atoms with Crippen LogP contribution in [0, 0.1) is 5.41 Å². The summed E-state index contributed by atoms with van der Waals surface area (Å²) in [5.41, 5.74) is -0.780. The van der Waals surface area contributed by atoms with Gasteiger partial charge >= 0.3 is 7.60 Å². The van der Waals surface area contributed by atoms with Gasteiger partial charge in [-0.05, 0) is 5.41 Å². The van der Waals surface area contributed by atoms with Gasteiger partial charge in [0.1, 0.15) is 11.4 Å². The Bertz CT molecular complexity index is 611. The van der Waals surface area contributed by atoms with E-state index in [1.807, 2.05) is 13.8 Å². The van der Waals surface area contributed by atoms with E-state index < -0.39 is 18.5 Å². The van der Waals surface area contributed by atoms with E-state index in [1.165, 1.54) is 0 Å². The van der Waals surface area contributed by atoms with Crippen LogP contribution < -0.4 is 21.1 Å². The van der Waals surface area contributed by atoms with Crippen LogP contribution >= 0.6 is 7.60 Å². The van der Waals surface area contributed by atoms with Crippen molar-refractivity contribution in [3.05, 3.63) is 20.4 Å². The van der Waals surface area contributed by atoms with E-state index in [2.05, 4.69) is 5.32 Å². The SMILES string of the molecule is CC1(C)CNc2c(c(=O)c2=O)N(CCP(=O)(O)O)C1. The largest absolute Gasteiger partial charge is 0.379 e. The molecule has 1 aromatic rings. The van der Waals surface area contributed by atoms with Gasteiger partial charge in [-0.1, -0.05) is 13.8 Å². The Morgan fingerprint density at radius 1 is 1.32 bits per heavy atom. The Morgan fingerprint density at radius 2 is 1.95 bits per heavy atom. The number of hydrogen-bond donors (Lipinski definition) is 3. The van der Waals surface area contributed by atoms with Crippen molar-refractivity contribution in [2.45, 2.75) is 13.8 Å². The second-order valence-corrected chi connectivity index (χ2v) is 7.49. The predicted octanol–water partition coefficient (Wildman–Crippen LogP) is -0.282. The summed E-state index contributed by atoms with van der Waals surface area (Å²) in [5, 5.41) is 2.95. The topological polar surface area (TPSA) is 107 Å². The fraction of sp³-hybridized carbons (Fsp3) is 0.636. The van der Waals surface area contributed by atoms with E-state index in [1.54, 1.807) is 4.90 Å². The summed E-state index contributed by atoms with van der Waals surface area (Å²) in [5.74, 6) is 0. The minimum Gasteiger partial charge on any atom is -0.379 e. The minimum atomic E-state index is -4.13. The molecule has 1 aromatic carbocycles. The van der Waals surface area contributed by atoms with Crippen molar-refractivity contribution in [1.29, 1.82) is 0 Å². The van der Waals surface area contributed by atoms with E-state index in [-0.39, 0.29) is 29.5 Å². The molecule has 1 aliphatic rings. The van der Waals surface area contributed by atoms with Crippen LogP contribution in [0.5, 0.6) is 0 Å². The number of fused-ring (bicyclic) bond motifs is 1. The Balaban J connectivity index is 2.29. The Labute approximate surface area is 110 Å². The molecule has 0 atom stereocenters. The molecule has 0 fully saturated rings. The van der Waals surface area contributed by atoms with Gasteiger partial charge in [0, 0.05) is 19.6 Å². The number of hydrogen-bond acceptors (Lipinski definition) is 5. The van der Waals surface area contributed by atoms with Gasteiger partial charge in [-0.25, -0.2) is 0 Å². The first-order valence-electron chi connectivity index (χ1n) is 5.97. The standard InChI is InChI=1S/C11H17N2O5P/c1-11(2)5-12-7-8(10(15)9(7)14)13(6-11)3-4-19(16,17)18/h12H,3-6H2,1-2H3,(H2,16,17,18). The van der Waals surface area contributed by atoms with Crippen molar-refractivity contribution >= 4 is 19.0 Å². The zero-order valence-electron chi connectivity index (χ0n) is 10.8. The molecule has 1 heterocycles. The normalized spacial score (nSPS) is 18.8. The molecular formula is C11H17N2O5P. The number of anilines is 2. The molecule has 0 aliphatic carbocycles. The lowest BCUT2D eigenvalue weighted by molar-refractivity contribution is 0.368. The fourth-order valence-electron chi connectivity index (χ4n) is 2.27. The molecule has 3 N–H and O–H groups in total. The second kappa shape index (κ2) is 4.44. The van der Waals surface area contributed by atoms with Crippen molar-refractivity contribution < 1.29 is 14.4 Å². The number of nitrogens with zero attached hydrogens (tertiary/aromatic N) is 1. The Morgan fingerprint density at radius 3 is 2.53 bits per heavy atom. The van der Waals surface area contributed by atoms with E-state index in [0.717, 1.165) is 0 Å². The molecule has 0 unspecified atom stereocenters. The molecule has 106 valence electrons. The van der Waals surface area contributed by atoms with Gasteiger partial charge in [0.15, 0.2) is 0 Å². The summed E-state index contributed by atoms with van der Waals surface area (Å²) in [6, 6.07) is 0. The Hall–Kier alpha value is -1.17. The first-order valence-corrected chi connectivity index (χ1v) is 7.77. The lowest BCUT2D eigenvalue weighted by Crippen LogP contribution is -2.43.